The van der Waals surface area contributed by atoms with Crippen molar-refractivity contribution in [3.8, 4) is 0 Å². The van der Waals surface area contributed by atoms with Gasteiger partial charge in [-0.3, -0.25) is 9.59 Å². The Bertz CT molecular complexity index is 924. The molecule has 0 unspecified atom stereocenters. The maximum Gasteiger partial charge on any atom is 0.255 e. The van der Waals surface area contributed by atoms with Crippen LogP contribution in [0, 0.1) is 5.82 Å². The van der Waals surface area contributed by atoms with E-state index in [2.05, 4.69) is 10.6 Å². The van der Waals surface area contributed by atoms with Crippen molar-refractivity contribution in [3.63, 3.8) is 0 Å². The van der Waals surface area contributed by atoms with E-state index in [0.717, 1.165) is 0 Å². The zero-order valence-corrected chi connectivity index (χ0v) is 14.2. The van der Waals surface area contributed by atoms with Crippen LogP contribution in [0.3, 0.4) is 0 Å². The minimum Gasteiger partial charge on any atom is -0.467 e. The molecule has 0 saturated heterocycles. The van der Waals surface area contributed by atoms with Gasteiger partial charge in [0, 0.05) is 10.6 Å². The summed E-state index contributed by atoms with van der Waals surface area (Å²) in [5.41, 5.74) is 0.758. The first-order chi connectivity index (χ1) is 12.5. The van der Waals surface area contributed by atoms with Gasteiger partial charge in [-0.2, -0.15) is 0 Å². The molecule has 0 aliphatic heterocycles. The Morgan fingerprint density at radius 1 is 1.04 bits per heavy atom. The molecule has 2 N–H and O–H groups in total. The van der Waals surface area contributed by atoms with E-state index in [1.54, 1.807) is 18.2 Å². The molecule has 2 amide bonds. The van der Waals surface area contributed by atoms with E-state index in [0.29, 0.717) is 10.8 Å². The molecular weight excluding hydrogens is 359 g/mol. The number of rotatable bonds is 5. The van der Waals surface area contributed by atoms with Gasteiger partial charge in [-0.05, 0) is 54.6 Å². The Labute approximate surface area is 153 Å². The van der Waals surface area contributed by atoms with Gasteiger partial charge in [0.15, 0.2) is 0 Å². The lowest BCUT2D eigenvalue weighted by Crippen LogP contribution is -2.24. The van der Waals surface area contributed by atoms with Gasteiger partial charge in [0.25, 0.3) is 11.8 Å². The van der Waals surface area contributed by atoms with E-state index >= 15 is 0 Å². The Balaban J connectivity index is 1.77. The van der Waals surface area contributed by atoms with Gasteiger partial charge in [0.05, 0.1) is 24.1 Å². The fourth-order valence-electron chi connectivity index (χ4n) is 2.29. The second-order valence-electron chi connectivity index (χ2n) is 5.41. The second kappa shape index (κ2) is 7.84. The van der Waals surface area contributed by atoms with Gasteiger partial charge in [-0.1, -0.05) is 11.6 Å². The van der Waals surface area contributed by atoms with Gasteiger partial charge in [0.2, 0.25) is 0 Å². The van der Waals surface area contributed by atoms with Gasteiger partial charge >= 0.3 is 0 Å². The Morgan fingerprint density at radius 3 is 2.50 bits per heavy atom. The Morgan fingerprint density at radius 2 is 1.81 bits per heavy atom. The van der Waals surface area contributed by atoms with Crippen molar-refractivity contribution in [2.45, 2.75) is 6.54 Å². The maximum atomic E-state index is 13.0. The van der Waals surface area contributed by atoms with E-state index in [1.807, 2.05) is 0 Å². The lowest BCUT2D eigenvalue weighted by molar-refractivity contribution is 0.0949. The molecule has 0 spiro atoms. The number of benzene rings is 2. The van der Waals surface area contributed by atoms with Crippen molar-refractivity contribution in [3.05, 3.63) is 88.6 Å². The summed E-state index contributed by atoms with van der Waals surface area (Å²) < 4.78 is 18.2. The molecule has 0 fully saturated rings. The number of amides is 2. The third-order valence-corrected chi connectivity index (χ3v) is 3.82. The van der Waals surface area contributed by atoms with E-state index in [-0.39, 0.29) is 23.4 Å². The quantitative estimate of drug-likeness (QED) is 0.703. The van der Waals surface area contributed by atoms with Gasteiger partial charge in [-0.15, -0.1) is 0 Å². The first-order valence-corrected chi connectivity index (χ1v) is 8.08. The molecule has 0 aliphatic carbocycles. The van der Waals surface area contributed by atoms with Crippen LogP contribution in [0.2, 0.25) is 5.02 Å². The summed E-state index contributed by atoms with van der Waals surface area (Å²) in [7, 11) is 0. The molecule has 3 rings (SSSR count). The molecule has 0 saturated carbocycles. The van der Waals surface area contributed by atoms with Gasteiger partial charge in [-0.25, -0.2) is 4.39 Å². The standard InChI is InChI=1S/C19H14ClFN2O3/c20-13-5-8-16(19(25)22-11-15-2-1-9-26-15)17(10-13)23-18(24)12-3-6-14(21)7-4-12/h1-10H,11H2,(H,22,25)(H,23,24). The number of hydrogen-bond donors (Lipinski definition) is 2. The second-order valence-corrected chi connectivity index (χ2v) is 5.85. The average Bonchev–Trinajstić information content (AvgIpc) is 3.14. The van der Waals surface area contributed by atoms with Crippen LogP contribution in [-0.4, -0.2) is 11.8 Å². The molecule has 132 valence electrons. The molecule has 1 aromatic heterocycles. The van der Waals surface area contributed by atoms with E-state index in [1.165, 1.54) is 42.7 Å². The molecular formula is C19H14ClFN2O3. The van der Waals surface area contributed by atoms with Crippen LogP contribution in [0.1, 0.15) is 26.5 Å². The van der Waals surface area contributed by atoms with Crippen LogP contribution < -0.4 is 10.6 Å². The number of halogens is 2. The Kier molecular flexibility index (Phi) is 5.34. The summed E-state index contributed by atoms with van der Waals surface area (Å²) in [4.78, 5) is 24.8. The zero-order chi connectivity index (χ0) is 18.5. The van der Waals surface area contributed by atoms with Crippen molar-refractivity contribution in [1.29, 1.82) is 0 Å². The first kappa shape index (κ1) is 17.7. The summed E-state index contributed by atoms with van der Waals surface area (Å²) in [6.45, 7) is 0.208. The molecule has 2 aromatic carbocycles. The SMILES string of the molecule is O=C(Nc1cc(Cl)ccc1C(=O)NCc1ccco1)c1ccc(F)cc1. The maximum absolute atomic E-state index is 13.0. The first-order valence-electron chi connectivity index (χ1n) is 7.70. The highest BCUT2D eigenvalue weighted by Gasteiger charge is 2.15. The summed E-state index contributed by atoms with van der Waals surface area (Å²) in [5, 5.41) is 5.70. The van der Waals surface area contributed by atoms with E-state index < -0.39 is 17.6 Å². The predicted molar refractivity (Wildman–Crippen MR) is 95.7 cm³/mol. The monoisotopic (exact) mass is 372 g/mol. The molecule has 0 bridgehead atoms. The third-order valence-electron chi connectivity index (χ3n) is 3.58. The molecule has 1 heterocycles. The van der Waals surface area contributed by atoms with Crippen LogP contribution in [0.4, 0.5) is 10.1 Å². The molecule has 5 nitrogen and oxygen atoms in total. The van der Waals surface area contributed by atoms with Crippen molar-refractivity contribution in [2.24, 2.45) is 0 Å². The minimum atomic E-state index is -0.479. The average molecular weight is 373 g/mol. The summed E-state index contributed by atoms with van der Waals surface area (Å²) in [6.07, 6.45) is 1.51. The van der Waals surface area contributed by atoms with Crippen LogP contribution in [-0.2, 0) is 6.54 Å². The van der Waals surface area contributed by atoms with Gasteiger partial charge in [0.1, 0.15) is 11.6 Å². The lowest BCUT2D eigenvalue weighted by Gasteiger charge is -2.12. The van der Waals surface area contributed by atoms with Gasteiger partial charge < -0.3 is 15.1 Å². The smallest absolute Gasteiger partial charge is 0.255 e. The fraction of sp³-hybridized carbons (Fsp3) is 0.0526. The summed E-state index contributed by atoms with van der Waals surface area (Å²) in [6, 6.07) is 13.1. The number of carbonyl (C=O) groups excluding carboxylic acids is 2. The number of carbonyl (C=O) groups is 2. The largest absolute Gasteiger partial charge is 0.467 e. The normalized spacial score (nSPS) is 10.4. The third kappa shape index (κ3) is 4.29. The molecule has 26 heavy (non-hydrogen) atoms. The summed E-state index contributed by atoms with van der Waals surface area (Å²) >= 11 is 5.98. The van der Waals surface area contributed by atoms with Crippen LogP contribution in [0.15, 0.2) is 65.3 Å². The predicted octanol–water partition coefficient (Wildman–Crippen LogP) is 4.25. The number of hydrogen-bond acceptors (Lipinski definition) is 3. The van der Waals surface area contributed by atoms with Crippen LogP contribution >= 0.6 is 11.6 Å². The number of nitrogens with one attached hydrogen (secondary N) is 2. The lowest BCUT2D eigenvalue weighted by atomic mass is 10.1. The molecule has 3 aromatic rings. The number of furan rings is 1. The van der Waals surface area contributed by atoms with Crippen molar-refractivity contribution in [2.75, 3.05) is 5.32 Å². The van der Waals surface area contributed by atoms with Crippen molar-refractivity contribution < 1.29 is 18.4 Å². The minimum absolute atomic E-state index is 0.208. The number of anilines is 1. The molecule has 0 atom stereocenters. The molecule has 0 aliphatic rings. The fourth-order valence-corrected chi connectivity index (χ4v) is 2.46. The zero-order valence-electron chi connectivity index (χ0n) is 13.5. The molecule has 7 heteroatoms. The highest BCUT2D eigenvalue weighted by Crippen LogP contribution is 2.22. The van der Waals surface area contributed by atoms with Crippen LogP contribution in [0.25, 0.3) is 0 Å². The highest BCUT2D eigenvalue weighted by atomic mass is 35.5. The van der Waals surface area contributed by atoms with Crippen molar-refractivity contribution in [1.82, 2.24) is 5.32 Å². The Hall–Kier alpha value is -3.12. The van der Waals surface area contributed by atoms with E-state index in [4.69, 9.17) is 16.0 Å². The summed E-state index contributed by atoms with van der Waals surface area (Å²) in [5.74, 6) is -0.716. The molecule has 0 radical (unpaired) electrons. The highest BCUT2D eigenvalue weighted by molar-refractivity contribution is 6.31. The topological polar surface area (TPSA) is 71.3 Å². The van der Waals surface area contributed by atoms with Crippen LogP contribution in [0.5, 0.6) is 0 Å². The van der Waals surface area contributed by atoms with E-state index in [9.17, 15) is 14.0 Å². The van der Waals surface area contributed by atoms with Crippen molar-refractivity contribution >= 4 is 29.1 Å².